The van der Waals surface area contributed by atoms with Crippen LogP contribution in [-0.2, 0) is 26.5 Å². The number of fused-ring (bicyclic) bond motifs is 6. The van der Waals surface area contributed by atoms with Crippen molar-refractivity contribution < 1.29 is 20.1 Å². The molecule has 6 aromatic carbocycles. The van der Waals surface area contributed by atoms with E-state index in [1.165, 1.54) is 59.0 Å². The van der Waals surface area contributed by atoms with Crippen molar-refractivity contribution in [2.24, 2.45) is 5.92 Å². The normalized spacial score (nSPS) is 11.4. The van der Waals surface area contributed by atoms with E-state index < -0.39 is 13.3 Å². The fourth-order valence-electron chi connectivity index (χ4n) is 7.08. The smallest absolute Gasteiger partial charge is 0.0160 e. The van der Waals surface area contributed by atoms with E-state index in [1.54, 1.807) is 0 Å². The van der Waals surface area contributed by atoms with Gasteiger partial charge in [0.05, 0.1) is 0 Å². The molecule has 2 heterocycles. The zero-order chi connectivity index (χ0) is 35.5. The monoisotopic (exact) mass is 915 g/mol. The minimum Gasteiger partial charge on any atom is -0.305 e. The molecule has 0 amide bonds. The maximum atomic E-state index is 4.95. The molecule has 0 aliphatic carbocycles. The van der Waals surface area contributed by atoms with E-state index in [0.29, 0.717) is 5.92 Å². The van der Waals surface area contributed by atoms with Crippen LogP contribution in [0.3, 0.4) is 0 Å². The van der Waals surface area contributed by atoms with E-state index in [9.17, 15) is 0 Å². The number of benzene rings is 6. The maximum Gasteiger partial charge on any atom is 0.0160 e. The van der Waals surface area contributed by atoms with E-state index in [2.05, 4.69) is 158 Å². The summed E-state index contributed by atoms with van der Waals surface area (Å²) in [4.78, 5) is 9.33. The summed E-state index contributed by atoms with van der Waals surface area (Å²) in [5, 5.41) is 7.71. The summed E-state index contributed by atoms with van der Waals surface area (Å²) < 4.78 is 1.53. The predicted molar refractivity (Wildman–Crippen MR) is 221 cm³/mol. The molecule has 261 valence electrons. The van der Waals surface area contributed by atoms with Crippen LogP contribution in [-0.4, -0.2) is 23.2 Å². The van der Waals surface area contributed by atoms with E-state index in [1.807, 2.05) is 36.5 Å². The number of pyridine rings is 2. The summed E-state index contributed by atoms with van der Waals surface area (Å²) >= 11 is -1.99. The first-order valence-electron chi connectivity index (χ1n) is 17.9. The summed E-state index contributed by atoms with van der Waals surface area (Å²) in [5.41, 5.74) is 9.28. The quantitative estimate of drug-likeness (QED) is 0.0944. The third kappa shape index (κ3) is 7.98. The van der Waals surface area contributed by atoms with Gasteiger partial charge in [-0.1, -0.05) is 55.0 Å². The van der Waals surface area contributed by atoms with Crippen LogP contribution in [0.2, 0.25) is 17.3 Å². The van der Waals surface area contributed by atoms with Gasteiger partial charge < -0.3 is 4.98 Å². The average Bonchev–Trinajstić information content (AvgIpc) is 3.15. The second-order valence-electron chi connectivity index (χ2n) is 14.9. The Morgan fingerprint density at radius 3 is 1.79 bits per heavy atom. The van der Waals surface area contributed by atoms with E-state index in [4.69, 9.17) is 4.98 Å². The van der Waals surface area contributed by atoms with Gasteiger partial charge in [-0.05, 0) is 17.3 Å². The largest absolute Gasteiger partial charge is 0.305 e. The molecule has 0 spiro atoms. The van der Waals surface area contributed by atoms with Crippen LogP contribution in [0.15, 0.2) is 140 Å². The molecule has 0 aliphatic rings. The molecule has 0 saturated heterocycles. The molecule has 8 aromatic rings. The van der Waals surface area contributed by atoms with Crippen molar-refractivity contribution >= 4 is 50.0 Å². The number of hydrogen-bond acceptors (Lipinski definition) is 2. The van der Waals surface area contributed by atoms with Crippen molar-refractivity contribution in [2.45, 2.75) is 44.5 Å². The zero-order valence-corrected chi connectivity index (χ0v) is 35.3. The Balaban J connectivity index is 0.000000198. The molecule has 0 aliphatic heterocycles. The van der Waals surface area contributed by atoms with Crippen molar-refractivity contribution in [3.63, 3.8) is 0 Å². The molecule has 52 heavy (non-hydrogen) atoms. The fourth-order valence-corrected chi connectivity index (χ4v) is 10.4. The molecule has 4 heteroatoms. The topological polar surface area (TPSA) is 25.8 Å². The Bertz CT molecular complexity index is 2430. The SMILES string of the molecule is CC(C)Cc1cc(-c2[c-]cc3c4ccccc4c4ccccc4c3c2)nc[c]1[Ge]([CH3])([CH3])[CH3].Cc1c[c-]c(-c2ccccn2)cc1-c1ccccc1.[Ir]. The average molecular weight is 914 g/mol. The first-order valence-corrected chi connectivity index (χ1v) is 25.3. The fraction of sp³-hybridized carbons (Fsp3) is 0.167. The van der Waals surface area contributed by atoms with Crippen LogP contribution in [0.1, 0.15) is 25.0 Å². The van der Waals surface area contributed by atoms with Gasteiger partial charge in [-0.25, -0.2) is 0 Å². The molecule has 8 rings (SSSR count). The summed E-state index contributed by atoms with van der Waals surface area (Å²) in [6, 6.07) is 51.7. The Labute approximate surface area is 325 Å². The summed E-state index contributed by atoms with van der Waals surface area (Å²) in [6.07, 6.45) is 5.09. The molecule has 2 nitrogen and oxygen atoms in total. The molecule has 0 fully saturated rings. The number of aromatic nitrogens is 2. The van der Waals surface area contributed by atoms with Crippen molar-refractivity contribution in [1.29, 1.82) is 0 Å². The van der Waals surface area contributed by atoms with Gasteiger partial charge in [-0.2, -0.15) is 0 Å². The van der Waals surface area contributed by atoms with Gasteiger partial charge >= 0.3 is 194 Å². The van der Waals surface area contributed by atoms with Crippen molar-refractivity contribution in [1.82, 2.24) is 9.97 Å². The Hall–Kier alpha value is -4.41. The number of hydrogen-bond donors (Lipinski definition) is 0. The van der Waals surface area contributed by atoms with Crippen LogP contribution in [0, 0.1) is 25.0 Å². The number of rotatable bonds is 6. The molecular formula is C48H44GeIrN2-2. The third-order valence-electron chi connectivity index (χ3n) is 9.56. The standard InChI is InChI=1S/C30H30GeN.C18H14N.Ir/c1-20(2)16-22-18-30(32-19-29(22)31(3,4)5)21-14-15-27-25-12-7-6-10-23(25)24-11-8-9-13-26(24)28(27)17-21;1-14-10-11-16(18-9-5-6-12-19-18)13-17(14)15-7-3-2-4-8-15;/h6-13,15,17-20H,16H2,1-5H3;2-10,12-13H,1H3;/q2*-1;. The van der Waals surface area contributed by atoms with E-state index in [-0.39, 0.29) is 20.1 Å². The predicted octanol–water partition coefficient (Wildman–Crippen LogP) is 12.3. The van der Waals surface area contributed by atoms with Gasteiger partial charge in [0.25, 0.3) is 0 Å². The number of aryl methyl sites for hydroxylation is 1. The molecule has 0 bridgehead atoms. The first kappa shape index (κ1) is 37.4. The zero-order valence-electron chi connectivity index (χ0n) is 30.8. The van der Waals surface area contributed by atoms with E-state index in [0.717, 1.165) is 28.9 Å². The van der Waals surface area contributed by atoms with Crippen LogP contribution < -0.4 is 4.40 Å². The van der Waals surface area contributed by atoms with E-state index >= 15 is 0 Å². The Morgan fingerprint density at radius 2 is 1.17 bits per heavy atom. The van der Waals surface area contributed by atoms with Gasteiger partial charge in [0, 0.05) is 26.3 Å². The molecule has 1 radical (unpaired) electrons. The summed E-state index contributed by atoms with van der Waals surface area (Å²) in [6.45, 7) is 6.72. The van der Waals surface area contributed by atoms with Crippen LogP contribution in [0.5, 0.6) is 0 Å². The van der Waals surface area contributed by atoms with Gasteiger partial charge in [0.1, 0.15) is 0 Å². The second kappa shape index (κ2) is 16.1. The van der Waals surface area contributed by atoms with Crippen LogP contribution in [0.25, 0.3) is 66.0 Å². The maximum absolute atomic E-state index is 4.95. The van der Waals surface area contributed by atoms with Crippen molar-refractivity contribution in [3.05, 3.63) is 163 Å². The van der Waals surface area contributed by atoms with Gasteiger partial charge in [-0.15, -0.1) is 29.3 Å². The molecule has 0 saturated carbocycles. The number of nitrogens with zero attached hydrogens (tertiary/aromatic N) is 2. The molecule has 0 N–H and O–H groups in total. The third-order valence-corrected chi connectivity index (χ3v) is 13.9. The minimum atomic E-state index is -1.99. The molecule has 2 aromatic heterocycles. The molecule has 0 unspecified atom stereocenters. The van der Waals surface area contributed by atoms with Crippen LogP contribution >= 0.6 is 0 Å². The van der Waals surface area contributed by atoms with Gasteiger partial charge in [0.15, 0.2) is 0 Å². The Morgan fingerprint density at radius 1 is 0.596 bits per heavy atom. The first-order chi connectivity index (χ1) is 24.7. The summed E-state index contributed by atoms with van der Waals surface area (Å²) in [5.74, 6) is 8.00. The van der Waals surface area contributed by atoms with Gasteiger partial charge in [0.2, 0.25) is 0 Å². The van der Waals surface area contributed by atoms with Crippen molar-refractivity contribution in [3.8, 4) is 33.6 Å². The second-order valence-corrected chi connectivity index (χ2v) is 25.4. The molecule has 0 atom stereocenters. The summed E-state index contributed by atoms with van der Waals surface area (Å²) in [7, 11) is 0. The molecular weight excluding hydrogens is 869 g/mol. The van der Waals surface area contributed by atoms with Crippen molar-refractivity contribution in [2.75, 3.05) is 0 Å². The Kier molecular flexibility index (Phi) is 11.6. The van der Waals surface area contributed by atoms with Crippen LogP contribution in [0.4, 0.5) is 0 Å². The minimum absolute atomic E-state index is 0. The van der Waals surface area contributed by atoms with Gasteiger partial charge in [-0.3, -0.25) is 0 Å².